The van der Waals surface area contributed by atoms with E-state index in [9.17, 15) is 28.1 Å². The first-order valence-electron chi connectivity index (χ1n) is 10.4. The van der Waals surface area contributed by atoms with Gasteiger partial charge in [0.25, 0.3) is 11.6 Å². The Kier molecular flexibility index (Phi) is 8.02. The lowest BCUT2D eigenvalue weighted by Gasteiger charge is -2.32. The van der Waals surface area contributed by atoms with Gasteiger partial charge >= 0.3 is 5.97 Å². The molecule has 2 atom stereocenters. The van der Waals surface area contributed by atoms with Crippen molar-refractivity contribution in [2.24, 2.45) is 5.92 Å². The molecule has 0 spiro atoms. The summed E-state index contributed by atoms with van der Waals surface area (Å²) in [4.78, 5) is 36.5. The number of hydrogen-bond donors (Lipinski definition) is 2. The number of amides is 1. The summed E-state index contributed by atoms with van der Waals surface area (Å²) >= 11 is 0. The van der Waals surface area contributed by atoms with Gasteiger partial charge in [-0.25, -0.2) is 13.2 Å². The first-order chi connectivity index (χ1) is 15.3. The van der Waals surface area contributed by atoms with Crippen LogP contribution in [0.15, 0.2) is 46.1 Å². The molecule has 1 aromatic carbocycles. The molecule has 0 radical (unpaired) electrons. The molecule has 33 heavy (non-hydrogen) atoms. The molecule has 1 aromatic rings. The summed E-state index contributed by atoms with van der Waals surface area (Å²) in [6, 6.07) is 4.54. The number of nitrogens with zero attached hydrogens (tertiary/aromatic N) is 1. The molecule has 0 unspecified atom stereocenters. The lowest BCUT2D eigenvalue weighted by Crippen LogP contribution is -2.47. The van der Waals surface area contributed by atoms with Crippen LogP contribution in [0.3, 0.4) is 0 Å². The molecule has 1 aliphatic rings. The quantitative estimate of drug-likeness (QED) is 0.329. The van der Waals surface area contributed by atoms with Gasteiger partial charge in [0, 0.05) is 35.4 Å². The van der Waals surface area contributed by atoms with Crippen molar-refractivity contribution < 1.29 is 27.7 Å². The van der Waals surface area contributed by atoms with E-state index in [1.807, 2.05) is 0 Å². The van der Waals surface area contributed by atoms with Crippen molar-refractivity contribution >= 4 is 27.4 Å². The highest BCUT2D eigenvalue weighted by Crippen LogP contribution is 2.41. The number of ether oxygens (including phenoxy) is 1. The molecular formula is C22H29N3O7S. The second kappa shape index (κ2) is 10.2. The number of sulfone groups is 1. The van der Waals surface area contributed by atoms with Crippen LogP contribution in [-0.2, 0) is 24.2 Å². The first kappa shape index (κ1) is 26.0. The van der Waals surface area contributed by atoms with Gasteiger partial charge < -0.3 is 15.4 Å². The van der Waals surface area contributed by atoms with E-state index < -0.39 is 38.6 Å². The molecule has 0 aromatic heterocycles. The van der Waals surface area contributed by atoms with Crippen LogP contribution < -0.4 is 10.6 Å². The Labute approximate surface area is 193 Å². The van der Waals surface area contributed by atoms with Crippen molar-refractivity contribution in [1.29, 1.82) is 0 Å². The summed E-state index contributed by atoms with van der Waals surface area (Å²) in [7, 11) is -3.82. The number of non-ortho nitro benzene ring substituents is 1. The van der Waals surface area contributed by atoms with Gasteiger partial charge in [0.2, 0.25) is 0 Å². The first-order valence-corrected chi connectivity index (χ1v) is 12.3. The number of carbonyl (C=O) groups excluding carboxylic acids is 2. The summed E-state index contributed by atoms with van der Waals surface area (Å²) in [6.45, 7) is 8.44. The largest absolute Gasteiger partial charge is 0.464 e. The third-order valence-electron chi connectivity index (χ3n) is 5.25. The van der Waals surface area contributed by atoms with Gasteiger partial charge in [-0.15, -0.1) is 0 Å². The summed E-state index contributed by atoms with van der Waals surface area (Å²) in [5.41, 5.74) is 0.776. The minimum Gasteiger partial charge on any atom is -0.464 e. The number of esters is 1. The number of nitrogens with one attached hydrogen (secondary N) is 2. The lowest BCUT2D eigenvalue weighted by atomic mass is 9.85. The van der Waals surface area contributed by atoms with Crippen molar-refractivity contribution in [3.8, 4) is 0 Å². The van der Waals surface area contributed by atoms with Crippen molar-refractivity contribution in [2.75, 3.05) is 12.9 Å². The Morgan fingerprint density at radius 3 is 2.39 bits per heavy atom. The highest BCUT2D eigenvalue weighted by atomic mass is 32.2. The highest BCUT2D eigenvalue weighted by Gasteiger charge is 2.39. The fourth-order valence-electron chi connectivity index (χ4n) is 3.85. The standard InChI is InChI=1S/C22H29N3O7S/c1-7-32-22(27)19(12(2)3)24-21(26)17-13(4)23-14(5)20(33(6,30)31)18(17)15-9-8-10-16(11-15)25(28)29/h8-12,18-19,23H,7H2,1-6H3,(H,24,26)/t18-,19-/m0/s1. The van der Waals surface area contributed by atoms with Gasteiger partial charge in [-0.1, -0.05) is 26.0 Å². The minimum atomic E-state index is -3.82. The van der Waals surface area contributed by atoms with Crippen molar-refractivity contribution in [1.82, 2.24) is 10.6 Å². The van der Waals surface area contributed by atoms with Gasteiger partial charge in [-0.2, -0.15) is 0 Å². The smallest absolute Gasteiger partial charge is 0.328 e. The average Bonchev–Trinajstić information content (AvgIpc) is 2.70. The number of dihydropyridines is 1. The third kappa shape index (κ3) is 5.78. The van der Waals surface area contributed by atoms with Crippen LogP contribution in [0.25, 0.3) is 0 Å². The molecule has 0 saturated heterocycles. The molecule has 10 nitrogen and oxygen atoms in total. The van der Waals surface area contributed by atoms with Crippen LogP contribution in [0.2, 0.25) is 0 Å². The van der Waals surface area contributed by atoms with E-state index in [-0.39, 0.29) is 34.3 Å². The average molecular weight is 480 g/mol. The van der Waals surface area contributed by atoms with E-state index >= 15 is 0 Å². The summed E-state index contributed by atoms with van der Waals surface area (Å²) in [5.74, 6) is -2.67. The molecule has 0 fully saturated rings. The van der Waals surface area contributed by atoms with Gasteiger partial charge in [0.05, 0.1) is 22.4 Å². The van der Waals surface area contributed by atoms with Crippen molar-refractivity contribution in [3.63, 3.8) is 0 Å². The van der Waals surface area contributed by atoms with E-state index in [4.69, 9.17) is 4.74 Å². The van der Waals surface area contributed by atoms with Crippen LogP contribution in [0.4, 0.5) is 5.69 Å². The Balaban J connectivity index is 2.66. The molecule has 180 valence electrons. The molecule has 1 heterocycles. The monoisotopic (exact) mass is 479 g/mol. The normalized spacial score (nSPS) is 17.5. The van der Waals surface area contributed by atoms with E-state index in [1.165, 1.54) is 24.3 Å². The second-order valence-corrected chi connectivity index (χ2v) is 10.1. The van der Waals surface area contributed by atoms with Gasteiger partial charge in [-0.05, 0) is 32.3 Å². The zero-order valence-electron chi connectivity index (χ0n) is 19.5. The third-order valence-corrected chi connectivity index (χ3v) is 6.59. The Bertz CT molecular complexity index is 1140. The zero-order chi connectivity index (χ0) is 25.1. The van der Waals surface area contributed by atoms with Crippen molar-refractivity contribution in [2.45, 2.75) is 46.6 Å². The lowest BCUT2D eigenvalue weighted by molar-refractivity contribution is -0.384. The van der Waals surface area contributed by atoms with E-state index in [1.54, 1.807) is 34.6 Å². The number of allylic oxidation sites excluding steroid dienone is 3. The van der Waals surface area contributed by atoms with E-state index in [0.717, 1.165) is 6.26 Å². The SMILES string of the molecule is CCOC(=O)[C@@H](NC(=O)C1=C(C)NC(C)=C(S(C)(=O)=O)[C@H]1c1cccc([N+](=O)[O-])c1)C(C)C. The van der Waals surface area contributed by atoms with Crippen LogP contribution in [0.1, 0.15) is 46.1 Å². The zero-order valence-corrected chi connectivity index (χ0v) is 20.3. The van der Waals surface area contributed by atoms with Crippen LogP contribution in [-0.4, -0.2) is 44.1 Å². The number of nitro groups is 1. The summed E-state index contributed by atoms with van der Waals surface area (Å²) < 4.78 is 30.5. The topological polar surface area (TPSA) is 145 Å². The highest BCUT2D eigenvalue weighted by molar-refractivity contribution is 7.94. The maximum atomic E-state index is 13.4. The van der Waals surface area contributed by atoms with Crippen molar-refractivity contribution in [3.05, 3.63) is 61.8 Å². The molecule has 0 bridgehead atoms. The number of carbonyl (C=O) groups is 2. The second-order valence-electron chi connectivity index (χ2n) is 8.16. The van der Waals surface area contributed by atoms with E-state index in [0.29, 0.717) is 11.4 Å². The molecule has 1 aliphatic heterocycles. The molecule has 0 aliphatic carbocycles. The molecule has 1 amide bonds. The number of nitro benzene ring substituents is 1. The Morgan fingerprint density at radius 2 is 1.88 bits per heavy atom. The summed E-state index contributed by atoms with van der Waals surface area (Å²) in [6.07, 6.45) is 1.02. The fourth-order valence-corrected chi connectivity index (χ4v) is 5.14. The Hall–Kier alpha value is -3.21. The number of benzene rings is 1. The van der Waals surface area contributed by atoms with E-state index in [2.05, 4.69) is 10.6 Å². The molecule has 2 N–H and O–H groups in total. The minimum absolute atomic E-state index is 0.0523. The van der Waals surface area contributed by atoms with Crippen LogP contribution in [0, 0.1) is 16.0 Å². The number of hydrogen-bond acceptors (Lipinski definition) is 8. The molecule has 2 rings (SSSR count). The predicted molar refractivity (Wildman–Crippen MR) is 123 cm³/mol. The predicted octanol–water partition coefficient (Wildman–Crippen LogP) is 2.54. The Morgan fingerprint density at radius 1 is 1.24 bits per heavy atom. The van der Waals surface area contributed by atoms with Gasteiger partial charge in [-0.3, -0.25) is 14.9 Å². The fraction of sp³-hybridized carbons (Fsp3) is 0.455. The number of rotatable bonds is 8. The molecular weight excluding hydrogens is 450 g/mol. The maximum Gasteiger partial charge on any atom is 0.328 e. The summed E-state index contributed by atoms with van der Waals surface area (Å²) in [5, 5.41) is 16.9. The van der Waals surface area contributed by atoms with Gasteiger partial charge in [0.15, 0.2) is 9.84 Å². The van der Waals surface area contributed by atoms with Gasteiger partial charge in [0.1, 0.15) is 6.04 Å². The molecule has 11 heteroatoms. The van der Waals surface area contributed by atoms with Crippen LogP contribution >= 0.6 is 0 Å². The molecule has 0 saturated carbocycles. The maximum absolute atomic E-state index is 13.4. The van der Waals surface area contributed by atoms with Crippen LogP contribution in [0.5, 0.6) is 0 Å².